The topological polar surface area (TPSA) is 26.0 Å². The number of halogens is 1. The van der Waals surface area contributed by atoms with Gasteiger partial charge in [0.25, 0.3) is 0 Å². The minimum absolute atomic E-state index is 0. The molecule has 0 bridgehead atoms. The van der Waals surface area contributed by atoms with Crippen molar-refractivity contribution in [1.82, 2.24) is 5.16 Å². The van der Waals surface area contributed by atoms with Gasteiger partial charge in [0.1, 0.15) is 6.26 Å². The zero-order valence-corrected chi connectivity index (χ0v) is 3.64. The van der Waals surface area contributed by atoms with E-state index in [9.17, 15) is 0 Å². The number of nitrogens with zero attached hydrogens (tertiary/aromatic N) is 1. The van der Waals surface area contributed by atoms with Gasteiger partial charge >= 0.3 is 0 Å². The average Bonchev–Trinajstić information content (AvgIpc) is 1.86. The van der Waals surface area contributed by atoms with Crippen LogP contribution < -0.4 is 0 Å². The van der Waals surface area contributed by atoms with Gasteiger partial charge in [0.05, 0.1) is 0 Å². The van der Waals surface area contributed by atoms with Crippen LogP contribution in [0.5, 0.6) is 0 Å². The van der Waals surface area contributed by atoms with Crippen molar-refractivity contribution in [2.45, 2.75) is 7.43 Å². The number of hydrogen-bond donors (Lipinski definition) is 0. The summed E-state index contributed by atoms with van der Waals surface area (Å²) in [4.78, 5) is 0. The molecule has 0 aliphatic heterocycles. The molecular formula is C4H6ClNO. The molecule has 0 saturated heterocycles. The number of rotatable bonds is 0. The third-order valence-corrected chi connectivity index (χ3v) is 0.601. The van der Waals surface area contributed by atoms with Crippen molar-refractivity contribution >= 4 is 11.6 Å². The minimum atomic E-state index is 0. The van der Waals surface area contributed by atoms with E-state index in [2.05, 4.69) is 9.68 Å². The summed E-state index contributed by atoms with van der Waals surface area (Å²) in [6, 6.07) is 1.57. The standard InChI is InChI=1S/C3H2ClNO.CH4/c4-3-1-2-6-5-3;/h1-2H;1H4. The molecule has 2 nitrogen and oxygen atoms in total. The minimum Gasteiger partial charge on any atom is -0.363 e. The molecule has 0 atom stereocenters. The van der Waals surface area contributed by atoms with E-state index in [0.29, 0.717) is 5.15 Å². The summed E-state index contributed by atoms with van der Waals surface area (Å²) in [5, 5.41) is 3.71. The summed E-state index contributed by atoms with van der Waals surface area (Å²) in [6.45, 7) is 0. The molecule has 1 aromatic heterocycles. The van der Waals surface area contributed by atoms with Crippen molar-refractivity contribution in [3.05, 3.63) is 17.5 Å². The predicted octanol–water partition coefficient (Wildman–Crippen LogP) is 1.96. The van der Waals surface area contributed by atoms with E-state index in [4.69, 9.17) is 11.6 Å². The van der Waals surface area contributed by atoms with Gasteiger partial charge in [-0.15, -0.1) is 0 Å². The van der Waals surface area contributed by atoms with E-state index >= 15 is 0 Å². The molecule has 0 aliphatic rings. The first-order valence-electron chi connectivity index (χ1n) is 1.45. The predicted molar refractivity (Wildman–Crippen MR) is 28.2 cm³/mol. The molecule has 1 rings (SSSR count). The Balaban J connectivity index is 0.000000360. The molecule has 0 unspecified atom stereocenters. The number of aromatic nitrogens is 1. The van der Waals surface area contributed by atoms with E-state index in [1.165, 1.54) is 6.26 Å². The van der Waals surface area contributed by atoms with Crippen molar-refractivity contribution in [1.29, 1.82) is 0 Å². The van der Waals surface area contributed by atoms with Gasteiger partial charge in [0.2, 0.25) is 0 Å². The van der Waals surface area contributed by atoms with Crippen molar-refractivity contribution in [3.63, 3.8) is 0 Å². The van der Waals surface area contributed by atoms with E-state index < -0.39 is 0 Å². The summed E-state index contributed by atoms with van der Waals surface area (Å²) in [7, 11) is 0. The summed E-state index contributed by atoms with van der Waals surface area (Å²) in [5.41, 5.74) is 0. The van der Waals surface area contributed by atoms with Crippen molar-refractivity contribution < 1.29 is 4.52 Å². The lowest BCUT2D eigenvalue weighted by atomic mass is 10.8. The molecule has 1 heterocycles. The van der Waals surface area contributed by atoms with E-state index in [-0.39, 0.29) is 7.43 Å². The fourth-order valence-corrected chi connectivity index (χ4v) is 0.289. The molecule has 1 aromatic rings. The SMILES string of the molecule is C.Clc1ccon1. The zero-order valence-electron chi connectivity index (χ0n) is 2.89. The van der Waals surface area contributed by atoms with Crippen LogP contribution in [0.2, 0.25) is 5.15 Å². The molecular weight excluding hydrogens is 114 g/mol. The third kappa shape index (κ3) is 1.59. The van der Waals surface area contributed by atoms with Gasteiger partial charge < -0.3 is 4.52 Å². The van der Waals surface area contributed by atoms with Gasteiger partial charge in [0, 0.05) is 6.07 Å². The highest BCUT2D eigenvalue weighted by Gasteiger charge is 1.81. The molecule has 0 amide bonds. The van der Waals surface area contributed by atoms with Gasteiger partial charge in [-0.25, -0.2) is 0 Å². The monoisotopic (exact) mass is 119 g/mol. The highest BCUT2D eigenvalue weighted by molar-refractivity contribution is 6.29. The first-order valence-corrected chi connectivity index (χ1v) is 1.83. The van der Waals surface area contributed by atoms with Gasteiger partial charge in [-0.1, -0.05) is 24.2 Å². The fraction of sp³-hybridized carbons (Fsp3) is 0.250. The van der Waals surface area contributed by atoms with Gasteiger partial charge in [-0.3, -0.25) is 0 Å². The van der Waals surface area contributed by atoms with E-state index in [0.717, 1.165) is 0 Å². The summed E-state index contributed by atoms with van der Waals surface area (Å²) >= 11 is 5.25. The smallest absolute Gasteiger partial charge is 0.172 e. The average molecular weight is 120 g/mol. The highest BCUT2D eigenvalue weighted by atomic mass is 35.5. The molecule has 0 aliphatic carbocycles. The van der Waals surface area contributed by atoms with E-state index in [1.807, 2.05) is 0 Å². The van der Waals surface area contributed by atoms with Crippen LogP contribution in [0.15, 0.2) is 16.9 Å². The quantitative estimate of drug-likeness (QED) is 0.522. The Morgan fingerprint density at radius 3 is 2.57 bits per heavy atom. The second kappa shape index (κ2) is 2.64. The van der Waals surface area contributed by atoms with Crippen molar-refractivity contribution in [2.75, 3.05) is 0 Å². The normalized spacial score (nSPS) is 7.57. The molecule has 0 saturated carbocycles. The Hall–Kier alpha value is -0.500. The first-order chi connectivity index (χ1) is 2.89. The lowest BCUT2D eigenvalue weighted by Crippen LogP contribution is -1.49. The Bertz CT molecular complexity index is 115. The number of hydrogen-bond acceptors (Lipinski definition) is 2. The molecule has 0 radical (unpaired) electrons. The van der Waals surface area contributed by atoms with Crippen LogP contribution in [0.3, 0.4) is 0 Å². The van der Waals surface area contributed by atoms with Crippen molar-refractivity contribution in [2.24, 2.45) is 0 Å². The van der Waals surface area contributed by atoms with Gasteiger partial charge in [-0.2, -0.15) is 0 Å². The summed E-state index contributed by atoms with van der Waals surface area (Å²) in [6.07, 6.45) is 1.42. The second-order valence-corrected chi connectivity index (χ2v) is 1.21. The third-order valence-electron chi connectivity index (χ3n) is 0.406. The highest BCUT2D eigenvalue weighted by Crippen LogP contribution is 1.99. The first kappa shape index (κ1) is 6.50. The van der Waals surface area contributed by atoms with Gasteiger partial charge in [-0.05, 0) is 0 Å². The van der Waals surface area contributed by atoms with Crippen LogP contribution in [0.1, 0.15) is 7.43 Å². The maximum Gasteiger partial charge on any atom is 0.172 e. The Labute approximate surface area is 47.1 Å². The lowest BCUT2D eigenvalue weighted by Gasteiger charge is -1.59. The van der Waals surface area contributed by atoms with Crippen LogP contribution in [-0.2, 0) is 0 Å². The summed E-state index contributed by atoms with van der Waals surface area (Å²) in [5.74, 6) is 0. The Morgan fingerprint density at radius 1 is 1.71 bits per heavy atom. The molecule has 0 N–H and O–H groups in total. The van der Waals surface area contributed by atoms with Crippen LogP contribution in [0.25, 0.3) is 0 Å². The maximum atomic E-state index is 5.25. The summed E-state index contributed by atoms with van der Waals surface area (Å²) < 4.78 is 4.33. The molecule has 7 heavy (non-hydrogen) atoms. The van der Waals surface area contributed by atoms with Crippen LogP contribution in [0.4, 0.5) is 0 Å². The van der Waals surface area contributed by atoms with Crippen molar-refractivity contribution in [3.8, 4) is 0 Å². The maximum absolute atomic E-state index is 5.25. The van der Waals surface area contributed by atoms with Gasteiger partial charge in [0.15, 0.2) is 5.15 Å². The van der Waals surface area contributed by atoms with Crippen LogP contribution in [-0.4, -0.2) is 5.16 Å². The Kier molecular flexibility index (Phi) is 2.45. The molecule has 0 fully saturated rings. The molecule has 0 spiro atoms. The van der Waals surface area contributed by atoms with Crippen LogP contribution >= 0.6 is 11.6 Å². The molecule has 0 aromatic carbocycles. The lowest BCUT2D eigenvalue weighted by molar-refractivity contribution is 0.420. The van der Waals surface area contributed by atoms with E-state index in [1.54, 1.807) is 6.07 Å². The zero-order chi connectivity index (χ0) is 4.41. The molecule has 40 valence electrons. The fourth-order valence-electron chi connectivity index (χ4n) is 0.198. The Morgan fingerprint density at radius 2 is 2.43 bits per heavy atom. The van der Waals surface area contributed by atoms with Crippen LogP contribution in [0, 0.1) is 0 Å². The molecule has 3 heteroatoms. The largest absolute Gasteiger partial charge is 0.363 e. The second-order valence-electron chi connectivity index (χ2n) is 0.822.